The third kappa shape index (κ3) is 2.65. The molecule has 0 saturated carbocycles. The quantitative estimate of drug-likeness (QED) is 0.640. The summed E-state index contributed by atoms with van der Waals surface area (Å²) in [5.41, 5.74) is 1.38. The topological polar surface area (TPSA) is 12.7 Å². The summed E-state index contributed by atoms with van der Waals surface area (Å²) in [7, 11) is 4.08. The monoisotopic (exact) mass is 203 g/mol. The Morgan fingerprint density at radius 1 is 1.07 bits per heavy atom. The van der Waals surface area contributed by atoms with Gasteiger partial charge in [0.1, 0.15) is 19.4 Å². The lowest BCUT2D eigenvalue weighted by Gasteiger charge is -1.97. The highest BCUT2D eigenvalue weighted by atomic mass is 15.1. The van der Waals surface area contributed by atoms with E-state index >= 15 is 0 Å². The third-order valence-electron chi connectivity index (χ3n) is 2.53. The van der Waals surface area contributed by atoms with Crippen molar-refractivity contribution >= 4 is 0 Å². The average molecular weight is 203 g/mol. The molecule has 0 saturated heterocycles. The van der Waals surface area contributed by atoms with Crippen molar-refractivity contribution in [2.24, 2.45) is 14.1 Å². The zero-order valence-electron chi connectivity index (χ0n) is 9.30. The summed E-state index contributed by atoms with van der Waals surface area (Å²) >= 11 is 0. The van der Waals surface area contributed by atoms with E-state index in [9.17, 15) is 0 Å². The van der Waals surface area contributed by atoms with Gasteiger partial charge in [-0.25, -0.2) is 13.7 Å². The normalized spacial score (nSPS) is 10.5. The summed E-state index contributed by atoms with van der Waals surface area (Å²) in [6, 6.07) is 4.34. The van der Waals surface area contributed by atoms with Crippen LogP contribution in [0.15, 0.2) is 43.2 Å². The second-order valence-electron chi connectivity index (χ2n) is 3.94. The lowest BCUT2D eigenvalue weighted by Crippen LogP contribution is -2.26. The Kier molecular flexibility index (Phi) is 2.81. The van der Waals surface area contributed by atoms with E-state index in [1.165, 1.54) is 5.56 Å². The van der Waals surface area contributed by atoms with E-state index < -0.39 is 0 Å². The van der Waals surface area contributed by atoms with Gasteiger partial charge >= 0.3 is 0 Å². The van der Waals surface area contributed by atoms with Crippen LogP contribution in [0.2, 0.25) is 0 Å². The summed E-state index contributed by atoms with van der Waals surface area (Å²) in [6.07, 6.45) is 11.5. The number of aromatic nitrogens is 3. The summed E-state index contributed by atoms with van der Waals surface area (Å²) < 4.78 is 6.32. The molecule has 0 unspecified atom stereocenters. The Labute approximate surface area is 90.2 Å². The number of pyridine rings is 1. The minimum Gasteiger partial charge on any atom is -0.240 e. The first-order valence-corrected chi connectivity index (χ1v) is 5.19. The van der Waals surface area contributed by atoms with Gasteiger partial charge in [-0.2, -0.15) is 0 Å². The van der Waals surface area contributed by atoms with Gasteiger partial charge in [-0.05, 0) is 5.56 Å². The molecule has 0 aromatic carbocycles. The summed E-state index contributed by atoms with van der Waals surface area (Å²) in [4.78, 5) is 0. The van der Waals surface area contributed by atoms with Crippen LogP contribution in [0.5, 0.6) is 0 Å². The molecular formula is C12H17N3+2. The van der Waals surface area contributed by atoms with Crippen LogP contribution < -0.4 is 9.13 Å². The number of aryl methyl sites for hydroxylation is 4. The molecule has 0 radical (unpaired) electrons. The Morgan fingerprint density at radius 3 is 2.40 bits per heavy atom. The van der Waals surface area contributed by atoms with Gasteiger partial charge in [-0.15, -0.1) is 0 Å². The van der Waals surface area contributed by atoms with Crippen molar-refractivity contribution in [3.63, 3.8) is 0 Å². The minimum absolute atomic E-state index is 1.04. The second-order valence-corrected chi connectivity index (χ2v) is 3.94. The van der Waals surface area contributed by atoms with E-state index in [-0.39, 0.29) is 0 Å². The molecular weight excluding hydrogens is 186 g/mol. The summed E-state index contributed by atoms with van der Waals surface area (Å²) in [5, 5.41) is 0. The first-order chi connectivity index (χ1) is 7.24. The molecule has 2 rings (SSSR count). The number of nitrogens with zero attached hydrogens (tertiary/aromatic N) is 3. The lowest BCUT2D eigenvalue weighted by molar-refractivity contribution is -0.671. The number of hydrogen-bond donors (Lipinski definition) is 0. The van der Waals surface area contributed by atoms with Crippen LogP contribution in [-0.2, 0) is 27.1 Å². The molecule has 78 valence electrons. The van der Waals surface area contributed by atoms with Crippen molar-refractivity contribution in [3.8, 4) is 0 Å². The molecule has 0 amide bonds. The van der Waals surface area contributed by atoms with Crippen molar-refractivity contribution in [2.45, 2.75) is 13.0 Å². The molecule has 15 heavy (non-hydrogen) atoms. The van der Waals surface area contributed by atoms with Gasteiger partial charge < -0.3 is 0 Å². The minimum atomic E-state index is 1.04. The van der Waals surface area contributed by atoms with Gasteiger partial charge in [0.05, 0.1) is 13.6 Å². The number of rotatable bonds is 3. The van der Waals surface area contributed by atoms with Gasteiger partial charge in [-0.3, -0.25) is 0 Å². The highest BCUT2D eigenvalue weighted by Crippen LogP contribution is 1.98. The van der Waals surface area contributed by atoms with Crippen molar-refractivity contribution < 1.29 is 9.13 Å². The smallest absolute Gasteiger partial charge is 0.240 e. The van der Waals surface area contributed by atoms with Crippen LogP contribution >= 0.6 is 0 Å². The molecule has 3 heteroatoms. The van der Waals surface area contributed by atoms with Crippen molar-refractivity contribution in [1.29, 1.82) is 0 Å². The van der Waals surface area contributed by atoms with E-state index in [2.05, 4.69) is 56.9 Å². The zero-order chi connectivity index (χ0) is 10.7. The van der Waals surface area contributed by atoms with Gasteiger partial charge in [0, 0.05) is 18.6 Å². The predicted molar refractivity (Wildman–Crippen MR) is 56.9 cm³/mol. The maximum absolute atomic E-state index is 2.20. The highest BCUT2D eigenvalue weighted by molar-refractivity contribution is 5.07. The van der Waals surface area contributed by atoms with Crippen molar-refractivity contribution in [3.05, 3.63) is 48.8 Å². The van der Waals surface area contributed by atoms with E-state index in [1.54, 1.807) is 0 Å². The van der Waals surface area contributed by atoms with Crippen LogP contribution in [0.4, 0.5) is 0 Å². The van der Waals surface area contributed by atoms with Gasteiger partial charge in [-0.1, -0.05) is 0 Å². The first kappa shape index (κ1) is 9.90. The Balaban J connectivity index is 1.96. The van der Waals surface area contributed by atoms with E-state index in [0.29, 0.717) is 0 Å². The molecule has 2 aromatic heterocycles. The Hall–Kier alpha value is -1.64. The maximum atomic E-state index is 2.20. The fourth-order valence-electron chi connectivity index (χ4n) is 1.59. The van der Waals surface area contributed by atoms with Crippen LogP contribution in [0.1, 0.15) is 5.56 Å². The van der Waals surface area contributed by atoms with Crippen molar-refractivity contribution in [1.82, 2.24) is 4.57 Å². The molecule has 2 heterocycles. The summed E-state index contributed by atoms with van der Waals surface area (Å²) in [5.74, 6) is 0. The second kappa shape index (κ2) is 4.26. The molecule has 0 fully saturated rings. The average Bonchev–Trinajstić information content (AvgIpc) is 2.64. The van der Waals surface area contributed by atoms with Gasteiger partial charge in [0.2, 0.25) is 6.33 Å². The summed E-state index contributed by atoms with van der Waals surface area (Å²) in [6.45, 7) is 1.04. The molecule has 0 spiro atoms. The van der Waals surface area contributed by atoms with Gasteiger partial charge in [0.15, 0.2) is 12.4 Å². The zero-order valence-corrected chi connectivity index (χ0v) is 9.30. The van der Waals surface area contributed by atoms with E-state index in [1.807, 2.05) is 14.1 Å². The van der Waals surface area contributed by atoms with Crippen LogP contribution in [0.3, 0.4) is 0 Å². The predicted octanol–water partition coefficient (Wildman–Crippen LogP) is 0.380. The largest absolute Gasteiger partial charge is 0.243 e. The van der Waals surface area contributed by atoms with Crippen molar-refractivity contribution in [2.75, 3.05) is 0 Å². The molecule has 0 atom stereocenters. The first-order valence-electron chi connectivity index (χ1n) is 5.19. The Bertz CT molecular complexity index is 428. The molecule has 3 nitrogen and oxygen atoms in total. The van der Waals surface area contributed by atoms with Crippen LogP contribution in [-0.4, -0.2) is 4.57 Å². The van der Waals surface area contributed by atoms with Gasteiger partial charge in [0.25, 0.3) is 0 Å². The standard InChI is InChI=1S/C12H17N3/c1-13-6-3-12(4-7-13)5-8-15-10-9-14(2)11-15/h3-4,6-7,9-11H,5,8H2,1-2H3/q+2. The Morgan fingerprint density at radius 2 is 1.80 bits per heavy atom. The van der Waals surface area contributed by atoms with E-state index in [4.69, 9.17) is 0 Å². The lowest BCUT2D eigenvalue weighted by atomic mass is 10.2. The molecule has 0 bridgehead atoms. The fourth-order valence-corrected chi connectivity index (χ4v) is 1.59. The molecule has 0 aliphatic rings. The fraction of sp³-hybridized carbons (Fsp3) is 0.333. The highest BCUT2D eigenvalue weighted by Gasteiger charge is 2.01. The van der Waals surface area contributed by atoms with Crippen LogP contribution in [0.25, 0.3) is 0 Å². The molecule has 0 aliphatic heterocycles. The number of imidazole rings is 1. The maximum Gasteiger partial charge on any atom is 0.243 e. The van der Waals surface area contributed by atoms with Crippen LogP contribution in [0, 0.1) is 0 Å². The third-order valence-corrected chi connectivity index (χ3v) is 2.53. The SMILES string of the molecule is C[n+]1ccc(CCn2cc[n+](C)c2)cc1. The molecule has 0 aliphatic carbocycles. The van der Waals surface area contributed by atoms with E-state index in [0.717, 1.165) is 13.0 Å². The molecule has 2 aromatic rings. The molecule has 0 N–H and O–H groups in total. The number of hydrogen-bond acceptors (Lipinski definition) is 0.